The van der Waals surface area contributed by atoms with Crippen LogP contribution in [0.4, 0.5) is 32.0 Å². The number of nitrogens with zero attached hydrogens (tertiary/aromatic N) is 2. The molecule has 0 fully saturated rings. The normalized spacial score (nSPS) is 11.8. The Bertz CT molecular complexity index is 851. The Labute approximate surface area is 142 Å². The van der Waals surface area contributed by atoms with Crippen molar-refractivity contribution in [3.8, 4) is 6.07 Å². The summed E-state index contributed by atoms with van der Waals surface area (Å²) in [6, 6.07) is 6.77. The van der Waals surface area contributed by atoms with Gasteiger partial charge in [0.05, 0.1) is 28.4 Å². The maximum atomic E-state index is 12.8. The highest BCUT2D eigenvalue weighted by atomic mass is 19.4. The van der Waals surface area contributed by atoms with Crippen LogP contribution in [-0.4, -0.2) is 11.1 Å². The first-order valence-electron chi connectivity index (χ1n) is 6.76. The quantitative estimate of drug-likeness (QED) is 0.474. The Hall–Kier alpha value is -3.06. The maximum Gasteiger partial charge on any atom is 0.416 e. The molecule has 0 bridgehead atoms. The van der Waals surface area contributed by atoms with Gasteiger partial charge in [-0.25, -0.2) is 0 Å². The lowest BCUT2D eigenvalue weighted by Crippen LogP contribution is -2.28. The maximum absolute atomic E-state index is 12.8. The van der Waals surface area contributed by atoms with E-state index in [2.05, 4.69) is 0 Å². The van der Waals surface area contributed by atoms with Crippen molar-refractivity contribution in [2.75, 3.05) is 5.06 Å². The Morgan fingerprint density at radius 1 is 0.962 bits per heavy atom. The minimum atomic E-state index is -5.12. The summed E-state index contributed by atoms with van der Waals surface area (Å²) in [7, 11) is 0. The van der Waals surface area contributed by atoms with Gasteiger partial charge in [0.25, 0.3) is 5.91 Å². The molecule has 0 unspecified atom stereocenters. The van der Waals surface area contributed by atoms with Crippen LogP contribution in [0.5, 0.6) is 0 Å². The first-order valence-corrected chi connectivity index (χ1v) is 6.76. The van der Waals surface area contributed by atoms with Gasteiger partial charge in [-0.3, -0.25) is 10.0 Å². The molecule has 1 N–H and O–H groups in total. The summed E-state index contributed by atoms with van der Waals surface area (Å²) in [5, 5.41) is 18.3. The van der Waals surface area contributed by atoms with Gasteiger partial charge in [0.1, 0.15) is 0 Å². The molecule has 4 nitrogen and oxygen atoms in total. The average molecular weight is 374 g/mol. The molecule has 26 heavy (non-hydrogen) atoms. The van der Waals surface area contributed by atoms with Crippen LogP contribution in [0.15, 0.2) is 42.5 Å². The van der Waals surface area contributed by atoms with E-state index in [-0.39, 0.29) is 34.4 Å². The van der Waals surface area contributed by atoms with E-state index in [1.54, 1.807) is 6.07 Å². The van der Waals surface area contributed by atoms with Crippen LogP contribution < -0.4 is 5.06 Å². The number of alkyl halides is 6. The van der Waals surface area contributed by atoms with Crippen LogP contribution >= 0.6 is 0 Å². The fourth-order valence-corrected chi connectivity index (χ4v) is 2.02. The fraction of sp³-hybridized carbons (Fsp3) is 0.125. The number of anilines is 1. The number of nitriles is 1. The number of carbonyl (C=O) groups excluding carboxylic acids is 1. The van der Waals surface area contributed by atoms with Gasteiger partial charge < -0.3 is 0 Å². The topological polar surface area (TPSA) is 64.3 Å². The lowest BCUT2D eigenvalue weighted by atomic mass is 10.1. The Kier molecular flexibility index (Phi) is 4.95. The Balaban J connectivity index is 2.52. The van der Waals surface area contributed by atoms with Gasteiger partial charge in [0.2, 0.25) is 0 Å². The zero-order valence-electron chi connectivity index (χ0n) is 12.6. The second-order valence-electron chi connectivity index (χ2n) is 5.07. The van der Waals surface area contributed by atoms with E-state index in [1.165, 1.54) is 12.1 Å². The molecule has 0 saturated heterocycles. The van der Waals surface area contributed by atoms with Gasteiger partial charge in [-0.2, -0.15) is 36.7 Å². The van der Waals surface area contributed by atoms with Crippen molar-refractivity contribution in [2.24, 2.45) is 0 Å². The summed E-state index contributed by atoms with van der Waals surface area (Å²) in [5.74, 6) is -1.30. The van der Waals surface area contributed by atoms with E-state index in [1.807, 2.05) is 0 Å². The van der Waals surface area contributed by atoms with Gasteiger partial charge >= 0.3 is 12.4 Å². The molecule has 136 valence electrons. The summed E-state index contributed by atoms with van der Waals surface area (Å²) in [6.07, 6.45) is -10.2. The molecule has 0 atom stereocenters. The molecule has 0 saturated carbocycles. The number of benzene rings is 2. The second-order valence-corrected chi connectivity index (χ2v) is 5.07. The van der Waals surface area contributed by atoms with Crippen LogP contribution in [0.2, 0.25) is 0 Å². The molecule has 0 spiro atoms. The SMILES string of the molecule is N#Cc1cccc(C(=O)N(O)c2cc(C(F)(F)F)cc(C(F)(F)F)c2)c1. The minimum Gasteiger partial charge on any atom is -0.281 e. The van der Waals surface area contributed by atoms with Gasteiger partial charge in [-0.15, -0.1) is 0 Å². The first-order chi connectivity index (χ1) is 11.9. The number of amides is 1. The van der Waals surface area contributed by atoms with Crippen molar-refractivity contribution in [3.05, 3.63) is 64.7 Å². The summed E-state index contributed by atoms with van der Waals surface area (Å²) in [6.45, 7) is 0. The molecule has 2 rings (SSSR count). The van der Waals surface area contributed by atoms with Gasteiger partial charge in [0.15, 0.2) is 0 Å². The summed E-state index contributed by atoms with van der Waals surface area (Å²) < 4.78 is 77.0. The lowest BCUT2D eigenvalue weighted by Gasteiger charge is -2.19. The molecular weight excluding hydrogens is 366 g/mol. The van der Waals surface area contributed by atoms with E-state index in [4.69, 9.17) is 5.26 Å². The molecule has 0 aliphatic carbocycles. The largest absolute Gasteiger partial charge is 0.416 e. The van der Waals surface area contributed by atoms with Crippen LogP contribution in [0.3, 0.4) is 0 Å². The molecular formula is C16H8F6N2O2. The third kappa shape index (κ3) is 4.12. The second kappa shape index (κ2) is 6.68. The zero-order valence-corrected chi connectivity index (χ0v) is 12.6. The van der Waals surface area contributed by atoms with Crippen molar-refractivity contribution in [3.63, 3.8) is 0 Å². The number of hydrogen-bond donors (Lipinski definition) is 1. The van der Waals surface area contributed by atoms with Crippen LogP contribution in [0.25, 0.3) is 0 Å². The van der Waals surface area contributed by atoms with Crippen molar-refractivity contribution in [1.82, 2.24) is 0 Å². The molecule has 2 aromatic rings. The molecule has 1 amide bonds. The number of hydrogen-bond acceptors (Lipinski definition) is 3. The molecule has 2 aromatic carbocycles. The predicted molar refractivity (Wildman–Crippen MR) is 76.2 cm³/mol. The molecule has 0 heterocycles. The van der Waals surface area contributed by atoms with Crippen LogP contribution in [0, 0.1) is 11.3 Å². The third-order valence-electron chi connectivity index (χ3n) is 3.25. The van der Waals surface area contributed by atoms with Gasteiger partial charge in [0, 0.05) is 5.56 Å². The molecule has 0 aliphatic heterocycles. The molecule has 0 aliphatic rings. The van der Waals surface area contributed by atoms with E-state index in [0.29, 0.717) is 0 Å². The average Bonchev–Trinajstić information content (AvgIpc) is 2.58. The number of carbonyl (C=O) groups is 1. The zero-order chi connectivity index (χ0) is 19.7. The van der Waals surface area contributed by atoms with Crippen molar-refractivity contribution in [1.29, 1.82) is 5.26 Å². The third-order valence-corrected chi connectivity index (χ3v) is 3.25. The summed E-state index contributed by atoms with van der Waals surface area (Å²) in [5.41, 5.74) is -4.65. The van der Waals surface area contributed by atoms with Gasteiger partial charge in [-0.1, -0.05) is 6.07 Å². The van der Waals surface area contributed by atoms with E-state index < -0.39 is 35.1 Å². The fourth-order valence-electron chi connectivity index (χ4n) is 2.02. The standard InChI is InChI=1S/C16H8F6N2O2/c17-15(18,19)11-5-12(16(20,21)22)7-13(6-11)24(26)14(25)10-3-1-2-9(4-10)8-23/h1-7,26H. The highest BCUT2D eigenvalue weighted by molar-refractivity contribution is 6.04. The predicted octanol–water partition coefficient (Wildman–Crippen LogP) is 4.63. The van der Waals surface area contributed by atoms with Crippen LogP contribution in [0.1, 0.15) is 27.0 Å². The van der Waals surface area contributed by atoms with E-state index in [0.717, 1.165) is 12.1 Å². The van der Waals surface area contributed by atoms with Crippen molar-refractivity contribution < 1.29 is 36.3 Å². The van der Waals surface area contributed by atoms with Crippen molar-refractivity contribution in [2.45, 2.75) is 12.4 Å². The first kappa shape index (κ1) is 19.3. The molecule has 0 radical (unpaired) electrons. The van der Waals surface area contributed by atoms with E-state index in [9.17, 15) is 36.3 Å². The smallest absolute Gasteiger partial charge is 0.281 e. The Morgan fingerprint density at radius 3 is 1.96 bits per heavy atom. The number of rotatable bonds is 2. The monoisotopic (exact) mass is 374 g/mol. The highest BCUT2D eigenvalue weighted by Crippen LogP contribution is 2.38. The number of hydroxylamine groups is 1. The highest BCUT2D eigenvalue weighted by Gasteiger charge is 2.37. The Morgan fingerprint density at radius 2 is 1.50 bits per heavy atom. The van der Waals surface area contributed by atoms with Crippen LogP contribution in [-0.2, 0) is 12.4 Å². The molecule has 10 heteroatoms. The molecule has 0 aromatic heterocycles. The number of halogens is 6. The van der Waals surface area contributed by atoms with E-state index >= 15 is 0 Å². The minimum absolute atomic E-state index is 0.0178. The summed E-state index contributed by atoms with van der Waals surface area (Å²) >= 11 is 0. The van der Waals surface area contributed by atoms with Gasteiger partial charge in [-0.05, 0) is 36.4 Å². The lowest BCUT2D eigenvalue weighted by molar-refractivity contribution is -0.143. The summed E-state index contributed by atoms with van der Waals surface area (Å²) in [4.78, 5) is 12.1. The van der Waals surface area contributed by atoms with Crippen molar-refractivity contribution >= 4 is 11.6 Å².